The van der Waals surface area contributed by atoms with Gasteiger partial charge in [-0.2, -0.15) is 0 Å². The van der Waals surface area contributed by atoms with E-state index in [2.05, 4.69) is 9.62 Å². The van der Waals surface area contributed by atoms with Crippen molar-refractivity contribution >= 4 is 21.6 Å². The number of hydrogen-bond acceptors (Lipinski definition) is 4. The van der Waals surface area contributed by atoms with Gasteiger partial charge in [0.1, 0.15) is 25.8 Å². The normalized spacial score (nSPS) is 20.7. The van der Waals surface area contributed by atoms with Gasteiger partial charge in [-0.1, -0.05) is 23.7 Å². The number of benzene rings is 2. The minimum Gasteiger partial charge on any atom is -0.489 e. The summed E-state index contributed by atoms with van der Waals surface area (Å²) in [5, 5.41) is 0.614. The second-order valence-electron chi connectivity index (χ2n) is 9.27. The Bertz CT molecular complexity index is 1140. The van der Waals surface area contributed by atoms with Crippen LogP contribution >= 0.6 is 11.6 Å². The largest absolute Gasteiger partial charge is 0.489 e. The Hall–Kier alpha value is -1.81. The third-order valence-electron chi connectivity index (χ3n) is 6.79. The van der Waals surface area contributed by atoms with E-state index in [9.17, 15) is 21.6 Å². The zero-order valence-corrected chi connectivity index (χ0v) is 21.0. The summed E-state index contributed by atoms with van der Waals surface area (Å²) < 4.78 is 73.9. The van der Waals surface area contributed by atoms with Crippen LogP contribution in [0.5, 0.6) is 5.75 Å². The highest BCUT2D eigenvalue weighted by Crippen LogP contribution is 2.36. The first-order valence-electron chi connectivity index (χ1n) is 11.8. The van der Waals surface area contributed by atoms with Crippen LogP contribution in [0.3, 0.4) is 0 Å². The summed E-state index contributed by atoms with van der Waals surface area (Å²) in [6, 6.07) is 7.88. The van der Waals surface area contributed by atoms with Gasteiger partial charge < -0.3 is 4.74 Å². The zero-order chi connectivity index (χ0) is 25.0. The minimum atomic E-state index is -4.08. The molecule has 10 heteroatoms. The lowest BCUT2D eigenvalue weighted by atomic mass is 9.82. The molecule has 1 saturated carbocycles. The molecule has 192 valence electrons. The van der Waals surface area contributed by atoms with E-state index in [0.29, 0.717) is 23.6 Å². The number of nitrogens with zero attached hydrogens (tertiary/aromatic N) is 1. The van der Waals surface area contributed by atoms with Crippen LogP contribution in [0.4, 0.5) is 13.2 Å². The van der Waals surface area contributed by atoms with Gasteiger partial charge in [-0.05, 0) is 79.6 Å². The van der Waals surface area contributed by atoms with Crippen molar-refractivity contribution in [1.29, 1.82) is 0 Å². The number of halogens is 4. The summed E-state index contributed by atoms with van der Waals surface area (Å²) in [7, 11) is -4.08. The average Bonchev–Trinajstić information content (AvgIpc) is 3.34. The number of ether oxygens (including phenoxy) is 1. The first-order chi connectivity index (χ1) is 16.8. The number of alkyl halides is 3. The fourth-order valence-corrected chi connectivity index (χ4v) is 6.29. The fraction of sp³-hybridized carbons (Fsp3) is 0.520. The molecule has 1 aliphatic heterocycles. The number of sulfonamides is 1. The molecule has 0 unspecified atom stereocenters. The molecule has 1 aliphatic carbocycles. The van der Waals surface area contributed by atoms with Crippen molar-refractivity contribution in [1.82, 2.24) is 9.62 Å². The van der Waals surface area contributed by atoms with Crippen LogP contribution in [-0.4, -0.2) is 39.1 Å². The second kappa shape index (κ2) is 11.5. The highest BCUT2D eigenvalue weighted by atomic mass is 35.5. The van der Waals surface area contributed by atoms with Gasteiger partial charge in [0.25, 0.3) is 0 Å². The number of hydrogen-bond donors (Lipinski definition) is 1. The maximum absolute atomic E-state index is 13.4. The smallest absolute Gasteiger partial charge is 0.240 e. The Labute approximate surface area is 209 Å². The molecule has 2 fully saturated rings. The molecule has 0 radical (unpaired) electrons. The van der Waals surface area contributed by atoms with E-state index >= 15 is 0 Å². The summed E-state index contributed by atoms with van der Waals surface area (Å²) in [5.74, 6) is 0.674. The lowest BCUT2D eigenvalue weighted by Crippen LogP contribution is -2.41. The molecular weight excluding hydrogens is 501 g/mol. The molecule has 0 bridgehead atoms. The van der Waals surface area contributed by atoms with Crippen LogP contribution in [-0.2, 0) is 36.6 Å². The van der Waals surface area contributed by atoms with E-state index in [1.54, 1.807) is 0 Å². The van der Waals surface area contributed by atoms with E-state index in [4.69, 9.17) is 16.3 Å². The van der Waals surface area contributed by atoms with Crippen molar-refractivity contribution in [2.24, 2.45) is 5.92 Å². The summed E-state index contributed by atoms with van der Waals surface area (Å²) >= 11 is 6.59. The number of nitrogens with one attached hydrogen (secondary N) is 1. The summed E-state index contributed by atoms with van der Waals surface area (Å²) in [6.45, 7) is -0.0267. The number of rotatable bonds is 11. The van der Waals surface area contributed by atoms with Gasteiger partial charge in [0.05, 0.1) is 16.0 Å². The molecule has 2 aromatic carbocycles. The highest BCUT2D eigenvalue weighted by Gasteiger charge is 2.33. The molecule has 5 nitrogen and oxygen atoms in total. The molecule has 0 spiro atoms. The van der Waals surface area contributed by atoms with Gasteiger partial charge in [0.2, 0.25) is 10.0 Å². The number of likely N-dealkylation sites (tertiary alicyclic amines) is 1. The van der Waals surface area contributed by atoms with E-state index in [1.807, 2.05) is 18.2 Å². The Balaban J connectivity index is 1.32. The fourth-order valence-electron chi connectivity index (χ4n) is 4.69. The van der Waals surface area contributed by atoms with Crippen LogP contribution in [0, 0.1) is 5.92 Å². The first kappa shape index (κ1) is 26.3. The van der Waals surface area contributed by atoms with Crippen LogP contribution < -0.4 is 9.46 Å². The maximum atomic E-state index is 13.4. The average molecular weight is 531 g/mol. The highest BCUT2D eigenvalue weighted by molar-refractivity contribution is 7.89. The Morgan fingerprint density at radius 3 is 2.29 bits per heavy atom. The van der Waals surface area contributed by atoms with Gasteiger partial charge in [-0.3, -0.25) is 4.90 Å². The molecular formula is C25H30ClF3N2O3S. The molecule has 2 aromatic rings. The minimum absolute atomic E-state index is 0.0405. The lowest BCUT2D eigenvalue weighted by molar-refractivity contribution is 0.0673. The predicted molar refractivity (Wildman–Crippen MR) is 129 cm³/mol. The van der Waals surface area contributed by atoms with Crippen LogP contribution in [0.2, 0.25) is 5.02 Å². The van der Waals surface area contributed by atoms with Gasteiger partial charge >= 0.3 is 0 Å². The quantitative estimate of drug-likeness (QED) is 0.418. The molecule has 0 amide bonds. The molecule has 0 atom stereocenters. The molecule has 1 heterocycles. The molecule has 35 heavy (non-hydrogen) atoms. The van der Waals surface area contributed by atoms with Crippen molar-refractivity contribution in [3.05, 3.63) is 57.6 Å². The van der Waals surface area contributed by atoms with E-state index in [0.717, 1.165) is 37.3 Å². The monoisotopic (exact) mass is 530 g/mol. The van der Waals surface area contributed by atoms with Crippen LogP contribution in [0.15, 0.2) is 35.2 Å². The predicted octanol–water partition coefficient (Wildman–Crippen LogP) is 5.48. The second-order valence-corrected chi connectivity index (χ2v) is 11.4. The molecule has 1 saturated heterocycles. The van der Waals surface area contributed by atoms with Crippen molar-refractivity contribution in [2.45, 2.75) is 63.3 Å². The molecule has 4 rings (SSSR count). The topological polar surface area (TPSA) is 58.6 Å². The zero-order valence-electron chi connectivity index (χ0n) is 19.4. The molecule has 2 aliphatic rings. The van der Waals surface area contributed by atoms with Gasteiger partial charge in [0, 0.05) is 18.7 Å². The van der Waals surface area contributed by atoms with Crippen LogP contribution in [0.1, 0.15) is 47.9 Å². The van der Waals surface area contributed by atoms with Gasteiger partial charge in [-0.15, -0.1) is 0 Å². The molecule has 0 aromatic heterocycles. The Kier molecular flexibility index (Phi) is 8.63. The Morgan fingerprint density at radius 2 is 1.63 bits per heavy atom. The van der Waals surface area contributed by atoms with Gasteiger partial charge in [0.15, 0.2) is 0 Å². The lowest BCUT2D eigenvalue weighted by Gasteiger charge is -2.35. The summed E-state index contributed by atoms with van der Waals surface area (Å²) in [5.41, 5.74) is 0.720. The van der Waals surface area contributed by atoms with Crippen molar-refractivity contribution in [3.8, 4) is 5.75 Å². The SMILES string of the molecule is O=S(=O)(NCC1CC(Oc2cccc(CN3CCCC3)c2Cl)C1)c1cc(CF)c(CF)cc1CF. The van der Waals surface area contributed by atoms with Gasteiger partial charge in [-0.25, -0.2) is 26.3 Å². The summed E-state index contributed by atoms with van der Waals surface area (Å²) in [4.78, 5) is 2.02. The van der Waals surface area contributed by atoms with Crippen molar-refractivity contribution in [2.75, 3.05) is 19.6 Å². The molecule has 1 N–H and O–H groups in total. The first-order valence-corrected chi connectivity index (χ1v) is 13.7. The van der Waals surface area contributed by atoms with Crippen molar-refractivity contribution < 1.29 is 26.3 Å². The Morgan fingerprint density at radius 1 is 0.971 bits per heavy atom. The maximum Gasteiger partial charge on any atom is 0.240 e. The van der Waals surface area contributed by atoms with Crippen LogP contribution in [0.25, 0.3) is 0 Å². The third-order valence-corrected chi connectivity index (χ3v) is 8.72. The van der Waals surface area contributed by atoms with E-state index in [-0.39, 0.29) is 40.2 Å². The van der Waals surface area contributed by atoms with E-state index < -0.39 is 30.0 Å². The third kappa shape index (κ3) is 6.13. The van der Waals surface area contributed by atoms with Crippen molar-refractivity contribution in [3.63, 3.8) is 0 Å². The summed E-state index contributed by atoms with van der Waals surface area (Å²) in [6.07, 6.45) is 3.61. The van der Waals surface area contributed by atoms with E-state index in [1.165, 1.54) is 12.8 Å². The standard InChI is InChI=1S/C25H30ClF3N2O3S/c26-25-18(16-31-6-1-2-7-31)4-3-5-23(25)34-22-8-17(9-22)15-30-35(32,33)24-11-20(13-28)19(12-27)10-21(24)14-29/h3-5,10-11,17,22,30H,1-2,6-9,12-16H2.